The van der Waals surface area contributed by atoms with Crippen molar-refractivity contribution in [3.05, 3.63) is 52.8 Å². The van der Waals surface area contributed by atoms with Crippen LogP contribution in [0.2, 0.25) is 5.02 Å². The van der Waals surface area contributed by atoms with Gasteiger partial charge in [-0.25, -0.2) is 9.37 Å². The van der Waals surface area contributed by atoms with E-state index in [4.69, 9.17) is 11.6 Å². The summed E-state index contributed by atoms with van der Waals surface area (Å²) in [7, 11) is 0. The molecule has 0 radical (unpaired) electrons. The van der Waals surface area contributed by atoms with Crippen LogP contribution >= 0.6 is 11.6 Å². The molecule has 0 bridgehead atoms. The Morgan fingerprint density at radius 2 is 1.94 bits per heavy atom. The molecule has 0 aliphatic rings. The lowest BCUT2D eigenvalue weighted by atomic mass is 10.1. The molecule has 1 aromatic carbocycles. The fraction of sp³-hybridized carbons (Fsp3) is 0.0833. The maximum atomic E-state index is 13.4. The van der Waals surface area contributed by atoms with Gasteiger partial charge in [0.15, 0.2) is 0 Å². The number of pyridine rings is 1. The summed E-state index contributed by atoms with van der Waals surface area (Å²) in [5.41, 5.74) is 1.14. The molecule has 0 aliphatic carbocycles. The van der Waals surface area contributed by atoms with Crippen LogP contribution in [-0.4, -0.2) is 4.98 Å². The molecule has 1 heterocycles. The summed E-state index contributed by atoms with van der Waals surface area (Å²) in [5.74, 6) is -1.04. The largest absolute Gasteiger partial charge is 0.226 e. The van der Waals surface area contributed by atoms with Gasteiger partial charge in [-0.1, -0.05) is 23.7 Å². The SMILES string of the molecule is Cc1ccc(-c2cc(Cl)cnc2F)cc1F. The third kappa shape index (κ3) is 2.04. The van der Waals surface area contributed by atoms with Gasteiger partial charge >= 0.3 is 0 Å². The number of rotatable bonds is 1. The number of aromatic nitrogens is 1. The molecule has 16 heavy (non-hydrogen) atoms. The zero-order chi connectivity index (χ0) is 11.7. The molecule has 0 spiro atoms. The first-order chi connectivity index (χ1) is 7.58. The van der Waals surface area contributed by atoms with Crippen molar-refractivity contribution in [2.45, 2.75) is 6.92 Å². The smallest absolute Gasteiger partial charge is 0.220 e. The molecule has 0 amide bonds. The lowest BCUT2D eigenvalue weighted by Crippen LogP contribution is -1.90. The minimum absolute atomic E-state index is 0.200. The summed E-state index contributed by atoms with van der Waals surface area (Å²) in [6.07, 6.45) is 1.21. The molecule has 0 fully saturated rings. The quantitative estimate of drug-likeness (QED) is 0.686. The van der Waals surface area contributed by atoms with Crippen LogP contribution in [0, 0.1) is 18.7 Å². The zero-order valence-electron chi connectivity index (χ0n) is 8.47. The maximum absolute atomic E-state index is 13.4. The summed E-state index contributed by atoms with van der Waals surface area (Å²) in [6.45, 7) is 1.64. The first-order valence-electron chi connectivity index (χ1n) is 4.65. The van der Waals surface area contributed by atoms with E-state index in [0.717, 1.165) is 0 Å². The highest BCUT2D eigenvalue weighted by atomic mass is 35.5. The van der Waals surface area contributed by atoms with Crippen molar-refractivity contribution < 1.29 is 8.78 Å². The molecule has 0 saturated heterocycles. The number of hydrogen-bond donors (Lipinski definition) is 0. The van der Waals surface area contributed by atoms with Crippen molar-refractivity contribution in [3.63, 3.8) is 0 Å². The predicted octanol–water partition coefficient (Wildman–Crippen LogP) is 3.99. The van der Waals surface area contributed by atoms with Crippen molar-refractivity contribution in [2.24, 2.45) is 0 Å². The Hall–Kier alpha value is -1.48. The predicted molar refractivity (Wildman–Crippen MR) is 59.3 cm³/mol. The van der Waals surface area contributed by atoms with E-state index in [1.165, 1.54) is 18.3 Å². The van der Waals surface area contributed by atoms with Gasteiger partial charge in [-0.15, -0.1) is 0 Å². The monoisotopic (exact) mass is 239 g/mol. The van der Waals surface area contributed by atoms with Gasteiger partial charge in [0.25, 0.3) is 0 Å². The van der Waals surface area contributed by atoms with Gasteiger partial charge in [-0.2, -0.15) is 4.39 Å². The molecule has 0 atom stereocenters. The average molecular weight is 240 g/mol. The highest BCUT2D eigenvalue weighted by Gasteiger charge is 2.08. The summed E-state index contributed by atoms with van der Waals surface area (Å²) in [5, 5.41) is 0.317. The number of benzene rings is 1. The first kappa shape index (κ1) is 11.0. The van der Waals surface area contributed by atoms with Gasteiger partial charge in [0, 0.05) is 11.8 Å². The third-order valence-corrected chi connectivity index (χ3v) is 2.50. The van der Waals surface area contributed by atoms with Crippen LogP contribution in [0.1, 0.15) is 5.56 Å². The highest BCUT2D eigenvalue weighted by Crippen LogP contribution is 2.25. The highest BCUT2D eigenvalue weighted by molar-refractivity contribution is 6.30. The fourth-order valence-electron chi connectivity index (χ4n) is 1.39. The van der Waals surface area contributed by atoms with E-state index in [9.17, 15) is 8.78 Å². The molecule has 0 unspecified atom stereocenters. The van der Waals surface area contributed by atoms with Gasteiger partial charge < -0.3 is 0 Å². The second kappa shape index (κ2) is 4.18. The van der Waals surface area contributed by atoms with Gasteiger partial charge in [-0.3, -0.25) is 0 Å². The van der Waals surface area contributed by atoms with Crippen molar-refractivity contribution in [3.8, 4) is 11.1 Å². The van der Waals surface area contributed by atoms with E-state index in [-0.39, 0.29) is 11.4 Å². The zero-order valence-corrected chi connectivity index (χ0v) is 9.22. The van der Waals surface area contributed by atoms with E-state index in [0.29, 0.717) is 16.1 Å². The van der Waals surface area contributed by atoms with Crippen molar-refractivity contribution in [1.29, 1.82) is 0 Å². The number of hydrogen-bond acceptors (Lipinski definition) is 1. The van der Waals surface area contributed by atoms with Crippen LogP contribution in [0.25, 0.3) is 11.1 Å². The van der Waals surface area contributed by atoms with E-state index >= 15 is 0 Å². The van der Waals surface area contributed by atoms with Gasteiger partial charge in [-0.05, 0) is 30.2 Å². The molecule has 2 aromatic rings. The number of aryl methyl sites for hydroxylation is 1. The standard InChI is InChI=1S/C12H8ClF2N/c1-7-2-3-8(4-11(7)14)10-5-9(13)6-16-12(10)15/h2-6H,1H3. The molecule has 82 valence electrons. The summed E-state index contributed by atoms with van der Waals surface area (Å²) < 4.78 is 26.7. The summed E-state index contributed by atoms with van der Waals surface area (Å²) in [6, 6.07) is 5.92. The summed E-state index contributed by atoms with van der Waals surface area (Å²) >= 11 is 5.71. The molecule has 0 aliphatic heterocycles. The topological polar surface area (TPSA) is 12.9 Å². The van der Waals surface area contributed by atoms with Crippen molar-refractivity contribution in [1.82, 2.24) is 4.98 Å². The Labute approximate surface area is 96.7 Å². The maximum Gasteiger partial charge on any atom is 0.220 e. The van der Waals surface area contributed by atoms with Gasteiger partial charge in [0.05, 0.1) is 5.02 Å². The lowest BCUT2D eigenvalue weighted by molar-refractivity contribution is 0.587. The third-order valence-electron chi connectivity index (χ3n) is 2.29. The second-order valence-electron chi connectivity index (χ2n) is 3.46. The normalized spacial score (nSPS) is 10.5. The van der Waals surface area contributed by atoms with E-state index in [2.05, 4.69) is 4.98 Å². The van der Waals surface area contributed by atoms with Gasteiger partial charge in [0.1, 0.15) is 5.82 Å². The minimum atomic E-state index is -0.660. The van der Waals surface area contributed by atoms with Crippen molar-refractivity contribution >= 4 is 11.6 Å². The average Bonchev–Trinajstić information content (AvgIpc) is 2.26. The lowest BCUT2D eigenvalue weighted by Gasteiger charge is -2.04. The van der Waals surface area contributed by atoms with Crippen LogP contribution in [-0.2, 0) is 0 Å². The second-order valence-corrected chi connectivity index (χ2v) is 3.89. The van der Waals surface area contributed by atoms with E-state index in [1.807, 2.05) is 0 Å². The molecular weight excluding hydrogens is 232 g/mol. The molecule has 1 nitrogen and oxygen atoms in total. The van der Waals surface area contributed by atoms with Crippen molar-refractivity contribution in [2.75, 3.05) is 0 Å². The van der Waals surface area contributed by atoms with E-state index in [1.54, 1.807) is 19.1 Å². The Morgan fingerprint density at radius 3 is 2.62 bits per heavy atom. The van der Waals surface area contributed by atoms with E-state index < -0.39 is 5.95 Å². The van der Waals surface area contributed by atoms with Crippen LogP contribution in [0.15, 0.2) is 30.5 Å². The van der Waals surface area contributed by atoms with Gasteiger partial charge in [0.2, 0.25) is 5.95 Å². The van der Waals surface area contributed by atoms with Crippen LogP contribution in [0.3, 0.4) is 0 Å². The van der Waals surface area contributed by atoms with Crippen LogP contribution in [0.5, 0.6) is 0 Å². The molecule has 4 heteroatoms. The Kier molecular flexibility index (Phi) is 2.88. The molecular formula is C12H8ClF2N. The summed E-state index contributed by atoms with van der Waals surface area (Å²) in [4.78, 5) is 3.49. The Morgan fingerprint density at radius 1 is 1.19 bits per heavy atom. The molecule has 0 saturated carbocycles. The first-order valence-corrected chi connectivity index (χ1v) is 5.03. The molecule has 1 aromatic heterocycles. The minimum Gasteiger partial charge on any atom is -0.226 e. The molecule has 0 N–H and O–H groups in total. The Balaban J connectivity index is 2.58. The number of nitrogens with zero attached hydrogens (tertiary/aromatic N) is 1. The Bertz CT molecular complexity index is 541. The number of halogens is 3. The molecule has 2 rings (SSSR count). The fourth-order valence-corrected chi connectivity index (χ4v) is 1.54. The van der Waals surface area contributed by atoms with Crippen LogP contribution < -0.4 is 0 Å². The van der Waals surface area contributed by atoms with Crippen LogP contribution in [0.4, 0.5) is 8.78 Å².